The van der Waals surface area contributed by atoms with Gasteiger partial charge >= 0.3 is 6.18 Å². The van der Waals surface area contributed by atoms with Crippen LogP contribution in [0.15, 0.2) is 12.1 Å². The summed E-state index contributed by atoms with van der Waals surface area (Å²) in [5.41, 5.74) is 0. The van der Waals surface area contributed by atoms with Crippen LogP contribution < -0.4 is 0 Å². The van der Waals surface area contributed by atoms with Gasteiger partial charge in [-0.05, 0) is 12.1 Å². The third-order valence-electron chi connectivity index (χ3n) is 1.23. The smallest absolute Gasteiger partial charge is 0.303 e. The minimum absolute atomic E-state index is 0.0563. The molecule has 5 heteroatoms. The number of halogens is 3. The highest BCUT2D eigenvalue weighted by Gasteiger charge is 2.32. The molecule has 1 nitrogen and oxygen atoms in total. The van der Waals surface area contributed by atoms with E-state index in [0.29, 0.717) is 22.5 Å². The molecule has 0 amide bonds. The van der Waals surface area contributed by atoms with E-state index in [9.17, 15) is 18.0 Å². The highest BCUT2D eigenvalue weighted by molar-refractivity contribution is 7.12. The Kier molecular flexibility index (Phi) is 2.52. The fourth-order valence-corrected chi connectivity index (χ4v) is 1.54. The Balaban J connectivity index is 2.84. The molecule has 0 saturated carbocycles. The van der Waals surface area contributed by atoms with Crippen LogP contribution in [0.3, 0.4) is 0 Å². The van der Waals surface area contributed by atoms with Crippen molar-refractivity contribution in [2.75, 3.05) is 0 Å². The maximum Gasteiger partial charge on any atom is 0.425 e. The van der Waals surface area contributed by atoms with Crippen LogP contribution in [0.2, 0.25) is 0 Å². The van der Waals surface area contributed by atoms with E-state index in [1.807, 2.05) is 0 Å². The van der Waals surface area contributed by atoms with Gasteiger partial charge in [0.1, 0.15) is 11.2 Å². The molecule has 0 N–H and O–H groups in total. The van der Waals surface area contributed by atoms with Gasteiger partial charge in [0, 0.05) is 11.3 Å². The first kappa shape index (κ1) is 9.25. The summed E-state index contributed by atoms with van der Waals surface area (Å²) >= 11 is 0.608. The fourth-order valence-electron chi connectivity index (χ4n) is 0.722. The zero-order chi connectivity index (χ0) is 9.19. The van der Waals surface area contributed by atoms with Crippen molar-refractivity contribution in [2.45, 2.75) is 12.6 Å². The first-order chi connectivity index (χ1) is 5.54. The second kappa shape index (κ2) is 3.26. The van der Waals surface area contributed by atoms with Gasteiger partial charge in [-0.3, -0.25) is 0 Å². The molecule has 0 aliphatic heterocycles. The first-order valence-electron chi connectivity index (χ1n) is 3.13. The molecule has 0 spiro atoms. The van der Waals surface area contributed by atoms with Crippen LogP contribution in [0.25, 0.3) is 0 Å². The van der Waals surface area contributed by atoms with Gasteiger partial charge in [-0.1, -0.05) is 0 Å². The highest BCUT2D eigenvalue weighted by Crippen LogP contribution is 2.34. The second-order valence-corrected chi connectivity index (χ2v) is 3.30. The number of aldehydes is 1. The van der Waals surface area contributed by atoms with E-state index in [0.717, 1.165) is 6.07 Å². The third kappa shape index (κ3) is 2.07. The van der Waals surface area contributed by atoms with Crippen molar-refractivity contribution in [3.05, 3.63) is 21.9 Å². The Morgan fingerprint density at radius 1 is 1.42 bits per heavy atom. The summed E-state index contributed by atoms with van der Waals surface area (Å²) in [5, 5.41) is 0. The predicted molar refractivity (Wildman–Crippen MR) is 39.1 cm³/mol. The lowest BCUT2D eigenvalue weighted by molar-refractivity contribution is -0.134. The molecule has 1 aromatic heterocycles. The largest absolute Gasteiger partial charge is 0.425 e. The van der Waals surface area contributed by atoms with Crippen LogP contribution in [0.1, 0.15) is 9.75 Å². The van der Waals surface area contributed by atoms with Crippen LogP contribution in [0.5, 0.6) is 0 Å². The Labute approximate surface area is 70.8 Å². The molecule has 1 aromatic rings. The summed E-state index contributed by atoms with van der Waals surface area (Å²) in [6.07, 6.45) is -3.64. The molecular formula is C7H5F3OS. The monoisotopic (exact) mass is 194 g/mol. The van der Waals surface area contributed by atoms with Crippen LogP contribution >= 0.6 is 11.3 Å². The summed E-state index contributed by atoms with van der Waals surface area (Å²) in [5.74, 6) is 0. The number of alkyl halides is 3. The Morgan fingerprint density at radius 3 is 2.50 bits per heavy atom. The lowest BCUT2D eigenvalue weighted by atomic mass is 10.3. The van der Waals surface area contributed by atoms with Crippen molar-refractivity contribution < 1.29 is 18.0 Å². The second-order valence-electron chi connectivity index (χ2n) is 2.13. The quantitative estimate of drug-likeness (QED) is 0.661. The van der Waals surface area contributed by atoms with Crippen LogP contribution in [-0.4, -0.2) is 6.29 Å². The predicted octanol–water partition coefficient (Wildman–Crippen LogP) is 2.51. The van der Waals surface area contributed by atoms with Crippen molar-refractivity contribution in [3.63, 3.8) is 0 Å². The van der Waals surface area contributed by atoms with Crippen molar-refractivity contribution in [3.8, 4) is 0 Å². The van der Waals surface area contributed by atoms with E-state index in [2.05, 4.69) is 0 Å². The molecular weight excluding hydrogens is 189 g/mol. The van der Waals surface area contributed by atoms with E-state index in [-0.39, 0.29) is 6.42 Å². The number of thiophene rings is 1. The minimum Gasteiger partial charge on any atom is -0.303 e. The molecule has 66 valence electrons. The summed E-state index contributed by atoms with van der Waals surface area (Å²) in [4.78, 5) is 9.75. The Bertz CT molecular complexity index is 276. The molecule has 0 atom stereocenters. The molecule has 12 heavy (non-hydrogen) atoms. The van der Waals surface area contributed by atoms with E-state index in [1.165, 1.54) is 6.07 Å². The topological polar surface area (TPSA) is 17.1 Å². The third-order valence-corrected chi connectivity index (χ3v) is 2.38. The normalized spacial score (nSPS) is 11.6. The minimum atomic E-state index is -4.29. The van der Waals surface area contributed by atoms with E-state index in [1.54, 1.807) is 0 Å². The van der Waals surface area contributed by atoms with Crippen molar-refractivity contribution in [1.82, 2.24) is 0 Å². The maximum absolute atomic E-state index is 12.0. The van der Waals surface area contributed by atoms with Crippen LogP contribution in [0.4, 0.5) is 13.2 Å². The lowest BCUT2D eigenvalue weighted by Gasteiger charge is -2.00. The van der Waals surface area contributed by atoms with Gasteiger partial charge in [0.15, 0.2) is 0 Å². The number of carbonyl (C=O) groups is 1. The van der Waals surface area contributed by atoms with Crippen molar-refractivity contribution in [2.24, 2.45) is 0 Å². The molecule has 0 saturated heterocycles. The van der Waals surface area contributed by atoms with Gasteiger partial charge in [0.05, 0.1) is 0 Å². The zero-order valence-corrected chi connectivity index (χ0v) is 6.71. The molecule has 0 radical (unpaired) electrons. The highest BCUT2D eigenvalue weighted by atomic mass is 32.1. The van der Waals surface area contributed by atoms with E-state index in [4.69, 9.17) is 0 Å². The van der Waals surface area contributed by atoms with Crippen LogP contribution in [-0.2, 0) is 17.4 Å². The standard InChI is InChI=1S/C7H5F3OS/c8-7(9,10)6-2-1-5(12-6)3-4-11/h1-2,4H,3H2. The maximum atomic E-state index is 12.0. The molecule has 0 aromatic carbocycles. The Morgan fingerprint density at radius 2 is 2.08 bits per heavy atom. The molecule has 1 rings (SSSR count). The Hall–Kier alpha value is -0.840. The summed E-state index contributed by atoms with van der Waals surface area (Å²) in [6, 6.07) is 2.31. The number of hydrogen-bond donors (Lipinski definition) is 0. The van der Waals surface area contributed by atoms with Gasteiger partial charge in [0.25, 0.3) is 0 Å². The molecule has 0 aliphatic rings. The number of hydrogen-bond acceptors (Lipinski definition) is 2. The molecule has 0 unspecified atom stereocenters. The van der Waals surface area contributed by atoms with Gasteiger partial charge in [-0.25, -0.2) is 0 Å². The molecule has 0 aliphatic carbocycles. The van der Waals surface area contributed by atoms with Gasteiger partial charge in [-0.15, -0.1) is 11.3 Å². The number of carbonyl (C=O) groups excluding carboxylic acids is 1. The molecule has 0 fully saturated rings. The van der Waals surface area contributed by atoms with Crippen LogP contribution in [0, 0.1) is 0 Å². The summed E-state index contributed by atoms with van der Waals surface area (Å²) < 4.78 is 35.9. The molecule has 1 heterocycles. The van der Waals surface area contributed by atoms with Crippen molar-refractivity contribution in [1.29, 1.82) is 0 Å². The van der Waals surface area contributed by atoms with Gasteiger partial charge in [-0.2, -0.15) is 13.2 Å². The van der Waals surface area contributed by atoms with E-state index < -0.39 is 11.1 Å². The van der Waals surface area contributed by atoms with E-state index >= 15 is 0 Å². The average molecular weight is 194 g/mol. The average Bonchev–Trinajstić information content (AvgIpc) is 2.35. The van der Waals surface area contributed by atoms with Gasteiger partial charge < -0.3 is 4.79 Å². The lowest BCUT2D eigenvalue weighted by Crippen LogP contribution is -2.00. The summed E-state index contributed by atoms with van der Waals surface area (Å²) in [7, 11) is 0. The number of rotatable bonds is 2. The first-order valence-corrected chi connectivity index (χ1v) is 3.95. The zero-order valence-electron chi connectivity index (χ0n) is 5.89. The van der Waals surface area contributed by atoms with Gasteiger partial charge in [0.2, 0.25) is 0 Å². The fraction of sp³-hybridized carbons (Fsp3) is 0.286. The SMILES string of the molecule is O=CCc1ccc(C(F)(F)F)s1. The summed E-state index contributed by atoms with van der Waals surface area (Å²) in [6.45, 7) is 0. The molecule has 0 bridgehead atoms. The van der Waals surface area contributed by atoms with Crippen molar-refractivity contribution >= 4 is 17.6 Å².